The van der Waals surface area contributed by atoms with E-state index < -0.39 is 0 Å². The fraction of sp³-hybridized carbons (Fsp3) is 0. The molecule has 0 N–H and O–H groups in total. The molecule has 1 heterocycles. The average Bonchev–Trinajstić information content (AvgIpc) is 2.63. The molecule has 0 amide bonds. The summed E-state index contributed by atoms with van der Waals surface area (Å²) in [5.74, 6) is 0. The van der Waals surface area contributed by atoms with Gasteiger partial charge in [-0.3, -0.25) is 0 Å². The average molecular weight is 360 g/mol. The Balaban J connectivity index is 1.78. The Morgan fingerprint density at radius 2 is 1.35 bits per heavy atom. The molecule has 3 aromatic carbocycles. The summed E-state index contributed by atoms with van der Waals surface area (Å²) in [6.45, 7) is 0. The summed E-state index contributed by atoms with van der Waals surface area (Å²) in [5.41, 5.74) is 3.34. The molecule has 23 heavy (non-hydrogen) atoms. The molecule has 0 unspecified atom stereocenters. The zero-order chi connectivity index (χ0) is 15.5. The Morgan fingerprint density at radius 1 is 0.609 bits per heavy atom. The summed E-state index contributed by atoms with van der Waals surface area (Å²) in [5, 5.41) is 1.18. The van der Waals surface area contributed by atoms with Gasteiger partial charge in [-0.25, -0.2) is 0 Å². The molecule has 4 aromatic rings. The summed E-state index contributed by atoms with van der Waals surface area (Å²) in [6.07, 6.45) is 0. The fourth-order valence-electron chi connectivity index (χ4n) is 2.60. The first-order valence-corrected chi connectivity index (χ1v) is 9.29. The molecular weight excluding hydrogens is 345 g/mol. The number of hydrogen-bond donors (Lipinski definition) is 0. The van der Waals surface area contributed by atoms with Gasteiger partial charge in [-0.1, -0.05) is 0 Å². The quantitative estimate of drug-likeness (QED) is 0.509. The van der Waals surface area contributed by atoms with Gasteiger partial charge >= 0.3 is 142 Å². The van der Waals surface area contributed by atoms with E-state index in [0.29, 0.717) is 0 Å². The van der Waals surface area contributed by atoms with E-state index in [-0.39, 0.29) is 15.0 Å². The molecule has 1 nitrogen and oxygen atoms in total. The zero-order valence-corrected chi connectivity index (χ0v) is 14.2. The number of hydrogen-bond acceptors (Lipinski definition) is 1. The molecule has 0 spiro atoms. The van der Waals surface area contributed by atoms with Gasteiger partial charge in [0, 0.05) is 0 Å². The number of pyridine rings is 1. The van der Waals surface area contributed by atoms with E-state index in [1.165, 1.54) is 19.9 Å². The minimum absolute atomic E-state index is 0.283. The topological polar surface area (TPSA) is 12.9 Å². The molecule has 0 atom stereocenters. The Bertz CT molecular complexity index is 948. The SMILES string of the molecule is c1ccc([Se]c2ccccc2-c2ccc3ccccc3n2)cc1. The fourth-order valence-corrected chi connectivity index (χ4v) is 4.65. The van der Waals surface area contributed by atoms with Crippen LogP contribution in [0.2, 0.25) is 0 Å². The van der Waals surface area contributed by atoms with Crippen molar-refractivity contribution in [1.82, 2.24) is 4.98 Å². The van der Waals surface area contributed by atoms with Crippen molar-refractivity contribution in [3.8, 4) is 11.3 Å². The van der Waals surface area contributed by atoms with Crippen LogP contribution in [-0.2, 0) is 0 Å². The van der Waals surface area contributed by atoms with Crippen LogP contribution in [-0.4, -0.2) is 19.9 Å². The number of fused-ring (bicyclic) bond motifs is 1. The molecule has 0 aliphatic rings. The zero-order valence-electron chi connectivity index (χ0n) is 12.5. The molecule has 0 radical (unpaired) electrons. The first-order chi connectivity index (χ1) is 11.4. The van der Waals surface area contributed by atoms with Crippen LogP contribution in [0.4, 0.5) is 0 Å². The van der Waals surface area contributed by atoms with E-state index >= 15 is 0 Å². The second-order valence-electron chi connectivity index (χ2n) is 5.30. The Kier molecular flexibility index (Phi) is 3.93. The molecular formula is C21H15NSe. The van der Waals surface area contributed by atoms with Crippen LogP contribution in [0, 0.1) is 0 Å². The summed E-state index contributed by atoms with van der Waals surface area (Å²) >= 11 is 0.283. The first-order valence-electron chi connectivity index (χ1n) is 7.58. The third-order valence-corrected chi connectivity index (χ3v) is 6.01. The molecule has 0 saturated heterocycles. The van der Waals surface area contributed by atoms with Gasteiger partial charge in [0.1, 0.15) is 0 Å². The van der Waals surface area contributed by atoms with Crippen molar-refractivity contribution >= 4 is 34.8 Å². The maximum atomic E-state index is 4.86. The first kappa shape index (κ1) is 14.2. The summed E-state index contributed by atoms with van der Waals surface area (Å²) in [6, 6.07) is 31.8. The Labute approximate surface area is 142 Å². The number of benzene rings is 3. The van der Waals surface area contributed by atoms with E-state index in [2.05, 4.69) is 84.9 Å². The van der Waals surface area contributed by atoms with E-state index in [9.17, 15) is 0 Å². The van der Waals surface area contributed by atoms with Crippen LogP contribution in [0.3, 0.4) is 0 Å². The van der Waals surface area contributed by atoms with Crippen LogP contribution in [0.5, 0.6) is 0 Å². The number of para-hydroxylation sites is 1. The third-order valence-electron chi connectivity index (χ3n) is 3.73. The van der Waals surface area contributed by atoms with Gasteiger partial charge in [0.25, 0.3) is 0 Å². The molecule has 110 valence electrons. The molecule has 2 heteroatoms. The van der Waals surface area contributed by atoms with Crippen molar-refractivity contribution in [2.24, 2.45) is 0 Å². The van der Waals surface area contributed by atoms with Crippen molar-refractivity contribution in [3.63, 3.8) is 0 Å². The van der Waals surface area contributed by atoms with Gasteiger partial charge < -0.3 is 0 Å². The van der Waals surface area contributed by atoms with Crippen LogP contribution in [0.15, 0.2) is 91.0 Å². The monoisotopic (exact) mass is 361 g/mol. The van der Waals surface area contributed by atoms with Crippen molar-refractivity contribution in [1.29, 1.82) is 0 Å². The minimum atomic E-state index is 0.283. The van der Waals surface area contributed by atoms with Gasteiger partial charge in [-0.15, -0.1) is 0 Å². The van der Waals surface area contributed by atoms with Crippen LogP contribution in [0.25, 0.3) is 22.2 Å². The van der Waals surface area contributed by atoms with Crippen LogP contribution in [0.1, 0.15) is 0 Å². The molecule has 0 aliphatic heterocycles. The molecule has 0 fully saturated rings. The van der Waals surface area contributed by atoms with Crippen molar-refractivity contribution < 1.29 is 0 Å². The van der Waals surface area contributed by atoms with Crippen molar-refractivity contribution in [2.45, 2.75) is 0 Å². The van der Waals surface area contributed by atoms with Gasteiger partial charge in [-0.2, -0.15) is 0 Å². The summed E-state index contributed by atoms with van der Waals surface area (Å²) in [4.78, 5) is 4.86. The predicted octanol–water partition coefficient (Wildman–Crippen LogP) is 3.56. The second kappa shape index (κ2) is 6.37. The third kappa shape index (κ3) is 3.05. The van der Waals surface area contributed by atoms with Crippen molar-refractivity contribution in [3.05, 3.63) is 91.0 Å². The van der Waals surface area contributed by atoms with Gasteiger partial charge in [-0.05, 0) is 0 Å². The Morgan fingerprint density at radius 3 is 2.26 bits per heavy atom. The van der Waals surface area contributed by atoms with Gasteiger partial charge in [0.2, 0.25) is 0 Å². The van der Waals surface area contributed by atoms with E-state index in [0.717, 1.165) is 11.2 Å². The number of rotatable bonds is 3. The van der Waals surface area contributed by atoms with Gasteiger partial charge in [0.15, 0.2) is 0 Å². The molecule has 0 saturated carbocycles. The number of aromatic nitrogens is 1. The molecule has 0 bridgehead atoms. The summed E-state index contributed by atoms with van der Waals surface area (Å²) < 4.78 is 2.75. The molecule has 4 rings (SSSR count). The predicted molar refractivity (Wildman–Crippen MR) is 98.6 cm³/mol. The van der Waals surface area contributed by atoms with E-state index in [4.69, 9.17) is 4.98 Å². The van der Waals surface area contributed by atoms with E-state index in [1.807, 2.05) is 6.07 Å². The molecule has 1 aromatic heterocycles. The van der Waals surface area contributed by atoms with Crippen molar-refractivity contribution in [2.75, 3.05) is 0 Å². The van der Waals surface area contributed by atoms with E-state index in [1.54, 1.807) is 0 Å². The Hall–Kier alpha value is -2.41. The normalized spacial score (nSPS) is 10.8. The second-order valence-corrected chi connectivity index (χ2v) is 7.64. The maximum absolute atomic E-state index is 4.86. The molecule has 0 aliphatic carbocycles. The van der Waals surface area contributed by atoms with Crippen LogP contribution < -0.4 is 8.92 Å². The van der Waals surface area contributed by atoms with Crippen LogP contribution >= 0.6 is 0 Å². The number of nitrogens with zero attached hydrogens (tertiary/aromatic N) is 1. The standard InChI is InChI=1S/C21H15NSe/c1-2-9-17(10-3-1)23-21-13-7-5-11-18(21)20-15-14-16-8-4-6-12-19(16)22-20/h1-15H. The van der Waals surface area contributed by atoms with Gasteiger partial charge in [0.05, 0.1) is 0 Å². The summed E-state index contributed by atoms with van der Waals surface area (Å²) in [7, 11) is 0.